The molecule has 3 fully saturated rings. The van der Waals surface area contributed by atoms with Crippen molar-refractivity contribution in [2.75, 3.05) is 37.7 Å². The number of aliphatic hydroxyl groups is 1. The maximum Gasteiger partial charge on any atom is 0.319 e. The van der Waals surface area contributed by atoms with Crippen molar-refractivity contribution in [3.8, 4) is 23.0 Å². The highest BCUT2D eigenvalue weighted by Gasteiger charge is 2.48. The Balaban J connectivity index is 1.39. The first-order chi connectivity index (χ1) is 21.2. The van der Waals surface area contributed by atoms with E-state index in [1.807, 2.05) is 11.8 Å². The van der Waals surface area contributed by atoms with Gasteiger partial charge < -0.3 is 25.6 Å². The van der Waals surface area contributed by atoms with Crippen molar-refractivity contribution >= 4 is 27.5 Å². The first-order valence-electron chi connectivity index (χ1n) is 15.5. The first-order valence-corrected chi connectivity index (χ1v) is 15.5. The molecule has 0 saturated carbocycles. The molecule has 9 nitrogen and oxygen atoms in total. The normalized spacial score (nSPS) is 25.4. The van der Waals surface area contributed by atoms with Gasteiger partial charge in [0.25, 0.3) is 0 Å². The number of benzene rings is 2. The number of hydrogen-bond donors (Lipinski definition) is 3. The van der Waals surface area contributed by atoms with Crippen molar-refractivity contribution in [2.24, 2.45) is 11.7 Å². The van der Waals surface area contributed by atoms with E-state index in [0.29, 0.717) is 59.5 Å². The van der Waals surface area contributed by atoms with E-state index in [0.717, 1.165) is 32.4 Å². The Labute approximate surface area is 254 Å². The molecule has 0 bridgehead atoms. The Morgan fingerprint density at radius 1 is 1.18 bits per heavy atom. The number of hydrogen-bond acceptors (Lipinski definition) is 9. The van der Waals surface area contributed by atoms with Gasteiger partial charge in [0.15, 0.2) is 5.82 Å². The Morgan fingerprint density at radius 2 is 2.02 bits per heavy atom. The van der Waals surface area contributed by atoms with Gasteiger partial charge in [0, 0.05) is 30.9 Å². The monoisotopic (exact) mass is 604 g/mol. The summed E-state index contributed by atoms with van der Waals surface area (Å²) in [5.41, 5.74) is 6.81. The molecule has 5 heterocycles. The minimum absolute atomic E-state index is 0.00123. The molecule has 44 heavy (non-hydrogen) atoms. The van der Waals surface area contributed by atoms with Crippen molar-refractivity contribution in [3.63, 3.8) is 0 Å². The zero-order chi connectivity index (χ0) is 30.7. The van der Waals surface area contributed by atoms with Gasteiger partial charge in [-0.15, -0.1) is 0 Å². The van der Waals surface area contributed by atoms with Crippen LogP contribution in [-0.4, -0.2) is 80.5 Å². The molecule has 3 aliphatic rings. The Bertz CT molecular complexity index is 1750. The summed E-state index contributed by atoms with van der Waals surface area (Å²) in [5.74, 6) is -0.261. The Kier molecular flexibility index (Phi) is 7.30. The second-order valence-corrected chi connectivity index (χ2v) is 12.8. The topological polar surface area (TPSA) is 121 Å². The van der Waals surface area contributed by atoms with E-state index < -0.39 is 11.6 Å². The van der Waals surface area contributed by atoms with E-state index in [-0.39, 0.29) is 52.8 Å². The number of phenolic OH excluding ortho intramolecular Hbond substituents is 1. The molecular weight excluding hydrogens is 566 g/mol. The van der Waals surface area contributed by atoms with E-state index in [1.54, 1.807) is 6.07 Å². The van der Waals surface area contributed by atoms with E-state index in [9.17, 15) is 14.6 Å². The van der Waals surface area contributed by atoms with Gasteiger partial charge >= 0.3 is 6.01 Å². The number of anilines is 1. The van der Waals surface area contributed by atoms with Crippen LogP contribution in [0.4, 0.5) is 14.6 Å². The van der Waals surface area contributed by atoms with Gasteiger partial charge in [-0.05, 0) is 79.1 Å². The van der Waals surface area contributed by atoms with E-state index in [1.165, 1.54) is 24.4 Å². The second kappa shape index (κ2) is 11.0. The number of aromatic hydroxyl groups is 1. The van der Waals surface area contributed by atoms with Gasteiger partial charge in [0.1, 0.15) is 35.2 Å². The highest BCUT2D eigenvalue weighted by atomic mass is 19.1. The molecule has 3 saturated heterocycles. The van der Waals surface area contributed by atoms with Gasteiger partial charge in [-0.1, -0.05) is 19.9 Å². The standard InChI is InChI=1S/C33H38F2N6O3/c1-3-23-26(34)6-5-19-9-22(43)11-24(27(19)23)29-28(35)30-25(13-37-29)31(41-15-20(36)10-21(41)16-42)39-32(38-30)44-17-33-7-4-8-40(33)14-18(2)12-33/h5-6,9,11,13,18,20-21,42-43H,3-4,7-8,10,12,14-17,36H2,1-2H3/t18-,20+,21+,33+/m1/s1. The first kappa shape index (κ1) is 29.1. The molecule has 0 unspecified atom stereocenters. The summed E-state index contributed by atoms with van der Waals surface area (Å²) in [5, 5.41) is 22.1. The number of phenols is 1. The number of aromatic nitrogens is 3. The maximum atomic E-state index is 16.8. The Morgan fingerprint density at radius 3 is 2.82 bits per heavy atom. The summed E-state index contributed by atoms with van der Waals surface area (Å²) < 4.78 is 38.0. The predicted octanol–water partition coefficient (Wildman–Crippen LogP) is 4.54. The number of ether oxygens (including phenoxy) is 1. The highest BCUT2D eigenvalue weighted by molar-refractivity contribution is 6.01. The minimum Gasteiger partial charge on any atom is -0.508 e. The summed E-state index contributed by atoms with van der Waals surface area (Å²) in [6, 6.07) is 5.42. The fourth-order valence-electron chi connectivity index (χ4n) is 7.93. The van der Waals surface area contributed by atoms with Crippen LogP contribution in [0.3, 0.4) is 0 Å². The van der Waals surface area contributed by atoms with Gasteiger partial charge in [-0.25, -0.2) is 8.78 Å². The molecule has 3 aliphatic heterocycles. The third-order valence-electron chi connectivity index (χ3n) is 9.81. The molecule has 4 N–H and O–H groups in total. The number of halogens is 2. The van der Waals surface area contributed by atoms with Crippen LogP contribution in [0.2, 0.25) is 0 Å². The fraction of sp³-hybridized carbons (Fsp3) is 0.485. The van der Waals surface area contributed by atoms with E-state index in [4.69, 9.17) is 15.5 Å². The summed E-state index contributed by atoms with van der Waals surface area (Å²) in [6.45, 7) is 6.81. The molecule has 7 rings (SSSR count). The number of aliphatic hydroxyl groups excluding tert-OH is 1. The highest BCUT2D eigenvalue weighted by Crippen LogP contribution is 2.43. The quantitative estimate of drug-likeness (QED) is 0.279. The van der Waals surface area contributed by atoms with Gasteiger partial charge in [-0.3, -0.25) is 9.88 Å². The molecule has 0 amide bonds. The average Bonchev–Trinajstić information content (AvgIpc) is 3.67. The van der Waals surface area contributed by atoms with E-state index in [2.05, 4.69) is 21.8 Å². The van der Waals surface area contributed by atoms with Crippen molar-refractivity contribution < 1.29 is 23.7 Å². The number of aryl methyl sites for hydroxylation is 1. The SMILES string of the molecule is CCc1c(F)ccc2cc(O)cc(-c3ncc4c(N5C[C@@H](N)C[C@H]5CO)nc(OC[C@@]56CCCN5C[C@H](C)C6)nc4c3F)c12. The lowest BCUT2D eigenvalue weighted by Crippen LogP contribution is -2.43. The summed E-state index contributed by atoms with van der Waals surface area (Å²) in [6.07, 6.45) is 5.57. The molecular formula is C33H38F2N6O3. The fourth-order valence-corrected chi connectivity index (χ4v) is 7.93. The van der Waals surface area contributed by atoms with Crippen molar-refractivity contribution in [1.29, 1.82) is 0 Å². The molecule has 11 heteroatoms. The molecule has 4 atom stereocenters. The number of nitrogens with zero attached hydrogens (tertiary/aromatic N) is 5. The molecule has 0 radical (unpaired) electrons. The van der Waals surface area contributed by atoms with E-state index >= 15 is 4.39 Å². The lowest BCUT2D eigenvalue weighted by Gasteiger charge is -2.31. The Hall–Kier alpha value is -3.67. The molecule has 2 aromatic heterocycles. The number of nitrogens with two attached hydrogens (primary N) is 1. The van der Waals surface area contributed by atoms with Crippen LogP contribution < -0.4 is 15.4 Å². The van der Waals surface area contributed by atoms with Crippen molar-refractivity contribution in [3.05, 3.63) is 47.7 Å². The van der Waals surface area contributed by atoms with Crippen molar-refractivity contribution in [1.82, 2.24) is 19.9 Å². The number of rotatable bonds is 7. The zero-order valence-corrected chi connectivity index (χ0v) is 25.1. The number of pyridine rings is 1. The average molecular weight is 605 g/mol. The van der Waals surface area contributed by atoms with Crippen LogP contribution in [0.1, 0.15) is 45.1 Å². The molecule has 232 valence electrons. The molecule has 4 aromatic rings. The lowest BCUT2D eigenvalue weighted by atomic mass is 9.92. The molecule has 2 aromatic carbocycles. The second-order valence-electron chi connectivity index (χ2n) is 12.8. The van der Waals surface area contributed by atoms with Gasteiger partial charge in [-0.2, -0.15) is 9.97 Å². The smallest absolute Gasteiger partial charge is 0.319 e. The summed E-state index contributed by atoms with van der Waals surface area (Å²) in [7, 11) is 0. The van der Waals surface area contributed by atoms with Crippen LogP contribution in [0.15, 0.2) is 30.5 Å². The van der Waals surface area contributed by atoms with Crippen LogP contribution in [0, 0.1) is 17.6 Å². The third-order valence-corrected chi connectivity index (χ3v) is 9.81. The van der Waals surface area contributed by atoms with Crippen LogP contribution in [0.5, 0.6) is 11.8 Å². The largest absolute Gasteiger partial charge is 0.508 e. The van der Waals surface area contributed by atoms with Gasteiger partial charge in [0.2, 0.25) is 0 Å². The molecule has 0 spiro atoms. The lowest BCUT2D eigenvalue weighted by molar-refractivity contribution is 0.107. The van der Waals surface area contributed by atoms with Crippen LogP contribution in [0.25, 0.3) is 32.9 Å². The zero-order valence-electron chi connectivity index (χ0n) is 25.1. The van der Waals surface area contributed by atoms with Gasteiger partial charge in [0.05, 0.1) is 23.6 Å². The minimum atomic E-state index is -0.728. The summed E-state index contributed by atoms with van der Waals surface area (Å²) >= 11 is 0. The molecule has 0 aliphatic carbocycles. The van der Waals surface area contributed by atoms with Crippen LogP contribution >= 0.6 is 0 Å². The van der Waals surface area contributed by atoms with Crippen LogP contribution in [-0.2, 0) is 6.42 Å². The predicted molar refractivity (Wildman–Crippen MR) is 165 cm³/mol. The summed E-state index contributed by atoms with van der Waals surface area (Å²) in [4.78, 5) is 18.2. The number of fused-ring (bicyclic) bond motifs is 3. The van der Waals surface area contributed by atoms with Crippen molar-refractivity contribution in [2.45, 2.75) is 63.6 Å². The third kappa shape index (κ3) is 4.72. The maximum absolute atomic E-state index is 16.8.